The van der Waals surface area contributed by atoms with Gasteiger partial charge < -0.3 is 4.84 Å². The fourth-order valence-corrected chi connectivity index (χ4v) is 0.890. The van der Waals surface area contributed by atoms with Crippen LogP contribution in [0.3, 0.4) is 0 Å². The van der Waals surface area contributed by atoms with Crippen molar-refractivity contribution in [3.8, 4) is 12.3 Å². The molecule has 0 spiro atoms. The first-order valence-electron chi connectivity index (χ1n) is 3.51. The van der Waals surface area contributed by atoms with Gasteiger partial charge in [-0.1, -0.05) is 36.3 Å². The van der Waals surface area contributed by atoms with E-state index in [0.29, 0.717) is 0 Å². The van der Waals surface area contributed by atoms with Gasteiger partial charge in [0, 0.05) is 12.3 Å². The molecule has 76 valence electrons. The predicted octanol–water partition coefficient (Wildman–Crippen LogP) is 2.84. The van der Waals surface area contributed by atoms with Gasteiger partial charge in [-0.15, -0.1) is 36.4 Å². The van der Waals surface area contributed by atoms with Gasteiger partial charge in [0.25, 0.3) is 0 Å². The monoisotopic (exact) mass is 231 g/mol. The molecule has 0 saturated heterocycles. The zero-order valence-electron chi connectivity index (χ0n) is 7.42. The molecule has 1 unspecified atom stereocenters. The van der Waals surface area contributed by atoms with Crippen LogP contribution in [-0.2, 0) is 4.84 Å². The van der Waals surface area contributed by atoms with Crippen molar-refractivity contribution < 1.29 is 4.84 Å². The summed E-state index contributed by atoms with van der Waals surface area (Å²) in [5.41, 5.74) is 0.910. The summed E-state index contributed by atoms with van der Waals surface area (Å²) >= 11 is 0. The quantitative estimate of drug-likeness (QED) is 0.446. The maximum Gasteiger partial charge on any atom is 0.212 e. The van der Waals surface area contributed by atoms with Crippen LogP contribution in [0.2, 0.25) is 0 Å². The first kappa shape index (κ1) is 15.3. The molecule has 2 nitrogen and oxygen atoms in total. The van der Waals surface area contributed by atoms with E-state index in [4.69, 9.17) is 11.3 Å². The van der Waals surface area contributed by atoms with Crippen molar-refractivity contribution >= 4 is 31.5 Å². The lowest BCUT2D eigenvalue weighted by molar-refractivity contribution is 0.102. The van der Waals surface area contributed by atoms with Gasteiger partial charge >= 0.3 is 0 Å². The summed E-state index contributed by atoms with van der Waals surface area (Å²) in [4.78, 5) is 4.85. The molecule has 0 aromatic heterocycles. The maximum absolute atomic E-state index is 5.23. The van der Waals surface area contributed by atoms with Crippen molar-refractivity contribution in [1.82, 2.24) is 0 Å². The summed E-state index contributed by atoms with van der Waals surface area (Å²) in [5.74, 6) is 2.46. The summed E-state index contributed by atoms with van der Waals surface area (Å²) in [6, 6.07) is 9.47. The summed E-state index contributed by atoms with van der Waals surface area (Å²) in [6.45, 7) is 3.21. The topological polar surface area (TPSA) is 21.6 Å². The van der Waals surface area contributed by atoms with Gasteiger partial charge in [0.05, 0.1) is 0 Å². The number of halogens is 2. The van der Waals surface area contributed by atoms with E-state index in [9.17, 15) is 0 Å². The second kappa shape index (κ2) is 8.43. The number of terminal acetylenes is 1. The molecule has 0 aliphatic carbocycles. The molecule has 1 rings (SSSR count). The third-order valence-corrected chi connectivity index (χ3v) is 1.43. The number of oxime groups is 1. The highest BCUT2D eigenvalue weighted by molar-refractivity contribution is 5.85. The van der Waals surface area contributed by atoms with Crippen LogP contribution >= 0.6 is 24.8 Å². The third-order valence-electron chi connectivity index (χ3n) is 1.43. The van der Waals surface area contributed by atoms with Crippen LogP contribution in [0.4, 0.5) is 0 Å². The Morgan fingerprint density at radius 1 is 1.29 bits per heavy atom. The van der Waals surface area contributed by atoms with Crippen LogP contribution < -0.4 is 0 Å². The maximum atomic E-state index is 5.23. The summed E-state index contributed by atoms with van der Waals surface area (Å²) < 4.78 is 0. The third kappa shape index (κ3) is 4.18. The van der Waals surface area contributed by atoms with Gasteiger partial charge in [0.2, 0.25) is 6.10 Å². The molecule has 1 atom stereocenters. The Labute approximate surface area is 96.2 Å². The molecule has 0 bridgehead atoms. The molecule has 14 heavy (non-hydrogen) atoms. The van der Waals surface area contributed by atoms with Crippen LogP contribution in [0.5, 0.6) is 0 Å². The molecular formula is C10H11Cl2NO. The fraction of sp³-hybridized carbons (Fsp3) is 0.100. The molecule has 1 aromatic rings. The molecule has 0 radical (unpaired) electrons. The number of rotatable bonds is 3. The molecule has 0 N–H and O–H groups in total. The van der Waals surface area contributed by atoms with Crippen LogP contribution in [-0.4, -0.2) is 6.72 Å². The second-order valence-electron chi connectivity index (χ2n) is 2.19. The van der Waals surface area contributed by atoms with E-state index in [1.54, 1.807) is 0 Å². The van der Waals surface area contributed by atoms with Gasteiger partial charge in [-0.25, -0.2) is 0 Å². The average molecular weight is 232 g/mol. The van der Waals surface area contributed by atoms with Crippen molar-refractivity contribution in [2.24, 2.45) is 5.16 Å². The Morgan fingerprint density at radius 2 is 1.86 bits per heavy atom. The van der Waals surface area contributed by atoms with E-state index >= 15 is 0 Å². The smallest absolute Gasteiger partial charge is 0.212 e. The van der Waals surface area contributed by atoms with Gasteiger partial charge in [0.15, 0.2) is 0 Å². The Bertz CT molecular complexity index is 295. The molecule has 0 fully saturated rings. The lowest BCUT2D eigenvalue weighted by Crippen LogP contribution is -1.96. The van der Waals surface area contributed by atoms with Gasteiger partial charge in [-0.2, -0.15) is 0 Å². The zero-order valence-corrected chi connectivity index (χ0v) is 9.05. The van der Waals surface area contributed by atoms with E-state index in [1.165, 1.54) is 0 Å². The number of hydrogen-bond donors (Lipinski definition) is 0. The van der Waals surface area contributed by atoms with Crippen molar-refractivity contribution in [1.29, 1.82) is 0 Å². The average Bonchev–Trinajstić information content (AvgIpc) is 2.15. The molecular weight excluding hydrogens is 221 g/mol. The van der Waals surface area contributed by atoms with E-state index in [0.717, 1.165) is 5.56 Å². The minimum Gasteiger partial charge on any atom is -0.375 e. The summed E-state index contributed by atoms with van der Waals surface area (Å²) in [6.07, 6.45) is 4.80. The van der Waals surface area contributed by atoms with E-state index in [-0.39, 0.29) is 24.8 Å². The van der Waals surface area contributed by atoms with Crippen LogP contribution in [0.25, 0.3) is 0 Å². The molecule has 0 aliphatic rings. The summed E-state index contributed by atoms with van der Waals surface area (Å²) in [7, 11) is 0. The fourth-order valence-electron chi connectivity index (χ4n) is 0.890. The largest absolute Gasteiger partial charge is 0.375 e. The van der Waals surface area contributed by atoms with Crippen LogP contribution in [0.15, 0.2) is 35.5 Å². The highest BCUT2D eigenvalue weighted by Crippen LogP contribution is 2.15. The van der Waals surface area contributed by atoms with Gasteiger partial charge in [0.1, 0.15) is 0 Å². The second-order valence-corrected chi connectivity index (χ2v) is 2.19. The first-order valence-corrected chi connectivity index (χ1v) is 3.51. The number of nitrogens with zero attached hydrogens (tertiary/aromatic N) is 1. The van der Waals surface area contributed by atoms with Crippen molar-refractivity contribution in [3.05, 3.63) is 35.9 Å². The Balaban J connectivity index is 0. The SMILES string of the molecule is C#CC(ON=C)c1ccccc1.Cl.Cl. The van der Waals surface area contributed by atoms with Gasteiger partial charge in [-0.3, -0.25) is 0 Å². The van der Waals surface area contributed by atoms with Crippen molar-refractivity contribution in [2.75, 3.05) is 0 Å². The lowest BCUT2D eigenvalue weighted by Gasteiger charge is -2.07. The minimum atomic E-state index is -0.427. The molecule has 0 amide bonds. The van der Waals surface area contributed by atoms with E-state index in [2.05, 4.69) is 17.8 Å². The molecule has 0 saturated carbocycles. The molecule has 0 aliphatic heterocycles. The summed E-state index contributed by atoms with van der Waals surface area (Å²) in [5, 5.41) is 3.29. The van der Waals surface area contributed by atoms with Crippen molar-refractivity contribution in [2.45, 2.75) is 6.10 Å². The Morgan fingerprint density at radius 3 is 2.29 bits per heavy atom. The van der Waals surface area contributed by atoms with Crippen LogP contribution in [0, 0.1) is 12.3 Å². The number of hydrogen-bond acceptors (Lipinski definition) is 2. The van der Waals surface area contributed by atoms with Crippen molar-refractivity contribution in [3.63, 3.8) is 0 Å². The highest BCUT2D eigenvalue weighted by atomic mass is 35.5. The normalized spacial score (nSPS) is 9.64. The predicted molar refractivity (Wildman–Crippen MR) is 63.1 cm³/mol. The molecule has 4 heteroatoms. The standard InChI is InChI=1S/C10H9NO.2ClH/c1-3-10(12-11-2)9-7-5-4-6-8-9;;/h1,4-8,10H,2H2;2*1H. The minimum absolute atomic E-state index is 0. The van der Waals surface area contributed by atoms with Gasteiger partial charge in [-0.05, 0) is 0 Å². The first-order chi connectivity index (χ1) is 5.88. The Hall–Kier alpha value is -1.17. The Kier molecular flexibility index (Phi) is 9.22. The molecule has 0 heterocycles. The lowest BCUT2D eigenvalue weighted by atomic mass is 10.1. The molecule has 1 aromatic carbocycles. The highest BCUT2D eigenvalue weighted by Gasteiger charge is 2.06. The zero-order chi connectivity index (χ0) is 8.81. The van der Waals surface area contributed by atoms with E-state index in [1.807, 2.05) is 30.3 Å². The van der Waals surface area contributed by atoms with Crippen LogP contribution in [0.1, 0.15) is 11.7 Å². The van der Waals surface area contributed by atoms with E-state index < -0.39 is 6.10 Å². The number of benzene rings is 1.